The maximum absolute atomic E-state index is 13.3. The molecule has 2 nitrogen and oxygen atoms in total. The first-order valence-electron chi connectivity index (χ1n) is 6.09. The molecule has 1 aromatic carbocycles. The average molecular weight is 345 g/mol. The summed E-state index contributed by atoms with van der Waals surface area (Å²) >= 11 is 1.62. The van der Waals surface area contributed by atoms with Crippen LogP contribution in [-0.4, -0.2) is 43.8 Å². The predicted octanol–water partition coefficient (Wildman–Crippen LogP) is 3.46. The molecule has 1 saturated heterocycles. The molecule has 1 atom stereocenters. The Balaban J connectivity index is 0.00000180. The molecule has 1 fully saturated rings. The van der Waals surface area contributed by atoms with Crippen molar-refractivity contribution in [3.63, 3.8) is 0 Å². The number of hydrogen-bond acceptors (Lipinski definition) is 3. The van der Waals surface area contributed by atoms with Gasteiger partial charge in [0.05, 0.1) is 6.04 Å². The van der Waals surface area contributed by atoms with Gasteiger partial charge in [0.25, 0.3) is 6.43 Å². The lowest BCUT2D eigenvalue weighted by atomic mass is 10.1. The molecule has 0 bridgehead atoms. The molecule has 116 valence electrons. The third-order valence-electron chi connectivity index (χ3n) is 3.24. The van der Waals surface area contributed by atoms with Crippen molar-refractivity contribution in [2.24, 2.45) is 0 Å². The molecule has 1 aromatic rings. The van der Waals surface area contributed by atoms with E-state index in [1.165, 1.54) is 0 Å². The van der Waals surface area contributed by atoms with Crippen LogP contribution in [0.2, 0.25) is 0 Å². The molecular weight excluding hydrogens is 325 g/mol. The second kappa shape index (κ2) is 9.79. The van der Waals surface area contributed by atoms with Gasteiger partial charge in [-0.3, -0.25) is 4.90 Å². The summed E-state index contributed by atoms with van der Waals surface area (Å²) in [6, 6.07) is 6.70. The summed E-state index contributed by atoms with van der Waals surface area (Å²) in [7, 11) is 0. The average Bonchev–Trinajstić information content (AvgIpc) is 2.40. The summed E-state index contributed by atoms with van der Waals surface area (Å²) in [5.41, 5.74) is 0.713. The van der Waals surface area contributed by atoms with Gasteiger partial charge in [0.15, 0.2) is 0 Å². The van der Waals surface area contributed by atoms with Crippen LogP contribution in [0.15, 0.2) is 29.2 Å². The van der Waals surface area contributed by atoms with Gasteiger partial charge in [0.2, 0.25) is 0 Å². The van der Waals surface area contributed by atoms with E-state index in [0.29, 0.717) is 18.7 Å². The summed E-state index contributed by atoms with van der Waals surface area (Å²) in [5, 5.41) is 3.19. The van der Waals surface area contributed by atoms with Crippen LogP contribution in [0.25, 0.3) is 0 Å². The van der Waals surface area contributed by atoms with Crippen molar-refractivity contribution in [3.8, 4) is 0 Å². The van der Waals surface area contributed by atoms with E-state index in [4.69, 9.17) is 0 Å². The quantitative estimate of drug-likeness (QED) is 0.842. The van der Waals surface area contributed by atoms with Gasteiger partial charge in [0, 0.05) is 31.1 Å². The summed E-state index contributed by atoms with van der Waals surface area (Å²) in [6.45, 7) is 2.93. The van der Waals surface area contributed by atoms with Crippen LogP contribution in [0.5, 0.6) is 0 Å². The lowest BCUT2D eigenvalue weighted by Gasteiger charge is -2.34. The highest BCUT2D eigenvalue weighted by Crippen LogP contribution is 2.29. The molecule has 0 aliphatic carbocycles. The van der Waals surface area contributed by atoms with E-state index in [2.05, 4.69) is 5.32 Å². The molecule has 0 unspecified atom stereocenters. The van der Waals surface area contributed by atoms with Crippen LogP contribution in [0.4, 0.5) is 8.78 Å². The molecule has 0 radical (unpaired) electrons. The summed E-state index contributed by atoms with van der Waals surface area (Å²) in [6.07, 6.45) is -0.362. The molecule has 1 N–H and O–H groups in total. The van der Waals surface area contributed by atoms with Crippen LogP contribution < -0.4 is 5.32 Å². The Labute approximate surface area is 135 Å². The zero-order valence-electron chi connectivity index (χ0n) is 11.2. The Hall–Kier alpha value is -0.0700. The van der Waals surface area contributed by atoms with Crippen molar-refractivity contribution in [2.45, 2.75) is 17.4 Å². The van der Waals surface area contributed by atoms with Gasteiger partial charge >= 0.3 is 0 Å². The van der Waals surface area contributed by atoms with E-state index in [1.807, 2.05) is 35.4 Å². The first-order valence-corrected chi connectivity index (χ1v) is 7.31. The second-order valence-electron chi connectivity index (χ2n) is 4.34. The summed E-state index contributed by atoms with van der Waals surface area (Å²) < 4.78 is 26.6. The van der Waals surface area contributed by atoms with Crippen molar-refractivity contribution in [1.29, 1.82) is 0 Å². The van der Waals surface area contributed by atoms with E-state index in [1.54, 1.807) is 11.8 Å². The molecule has 0 spiro atoms. The van der Waals surface area contributed by atoms with Gasteiger partial charge in [-0.1, -0.05) is 12.1 Å². The molecule has 0 aromatic heterocycles. The fourth-order valence-corrected chi connectivity index (χ4v) is 2.69. The maximum atomic E-state index is 13.3. The van der Waals surface area contributed by atoms with Crippen LogP contribution >= 0.6 is 36.6 Å². The largest absolute Gasteiger partial charge is 0.314 e. The minimum Gasteiger partial charge on any atom is -0.314 e. The highest BCUT2D eigenvalue weighted by Gasteiger charge is 2.29. The SMILES string of the molecule is CSc1ccc([C@H](C(F)F)N2CCNCC2)cc1.Cl.Cl. The van der Waals surface area contributed by atoms with Gasteiger partial charge in [-0.25, -0.2) is 8.78 Å². The highest BCUT2D eigenvalue weighted by atomic mass is 35.5. The minimum absolute atomic E-state index is 0. The summed E-state index contributed by atoms with van der Waals surface area (Å²) in [4.78, 5) is 2.97. The van der Waals surface area contributed by atoms with Crippen molar-refractivity contribution in [2.75, 3.05) is 32.4 Å². The molecule has 0 amide bonds. The fraction of sp³-hybridized carbons (Fsp3) is 0.538. The van der Waals surface area contributed by atoms with Crippen LogP contribution in [0.1, 0.15) is 11.6 Å². The topological polar surface area (TPSA) is 15.3 Å². The maximum Gasteiger partial charge on any atom is 0.258 e. The number of nitrogens with zero attached hydrogens (tertiary/aromatic N) is 1. The molecular formula is C13H20Cl2F2N2S. The van der Waals surface area contributed by atoms with E-state index < -0.39 is 12.5 Å². The van der Waals surface area contributed by atoms with Crippen molar-refractivity contribution in [1.82, 2.24) is 10.2 Å². The standard InChI is InChI=1S/C13H18F2N2S.2ClH/c1-18-11-4-2-10(3-5-11)12(13(14)15)17-8-6-16-7-9-17;;/h2-5,12-13,16H,6-9H2,1H3;2*1H/t12-;;/m1../s1. The van der Waals surface area contributed by atoms with Gasteiger partial charge in [0.1, 0.15) is 0 Å². The van der Waals surface area contributed by atoms with Gasteiger partial charge in [-0.15, -0.1) is 36.6 Å². The number of thioether (sulfide) groups is 1. The van der Waals surface area contributed by atoms with E-state index in [9.17, 15) is 8.78 Å². The molecule has 2 rings (SSSR count). The number of alkyl halides is 2. The first kappa shape index (κ1) is 19.9. The van der Waals surface area contributed by atoms with E-state index in [-0.39, 0.29) is 24.8 Å². The molecule has 1 aliphatic heterocycles. The Morgan fingerprint density at radius 1 is 1.10 bits per heavy atom. The predicted molar refractivity (Wildman–Crippen MR) is 85.9 cm³/mol. The van der Waals surface area contributed by atoms with Gasteiger partial charge in [-0.2, -0.15) is 0 Å². The third-order valence-corrected chi connectivity index (χ3v) is 3.98. The molecule has 1 aliphatic rings. The van der Waals surface area contributed by atoms with Crippen LogP contribution in [0.3, 0.4) is 0 Å². The monoisotopic (exact) mass is 344 g/mol. The minimum atomic E-state index is -2.34. The summed E-state index contributed by atoms with van der Waals surface area (Å²) in [5.74, 6) is 0. The molecule has 0 saturated carbocycles. The van der Waals surface area contributed by atoms with Crippen LogP contribution in [-0.2, 0) is 0 Å². The lowest BCUT2D eigenvalue weighted by Crippen LogP contribution is -2.46. The molecule has 7 heteroatoms. The Morgan fingerprint density at radius 2 is 1.65 bits per heavy atom. The second-order valence-corrected chi connectivity index (χ2v) is 5.22. The van der Waals surface area contributed by atoms with E-state index in [0.717, 1.165) is 18.0 Å². The first-order chi connectivity index (χ1) is 8.72. The smallest absolute Gasteiger partial charge is 0.258 e. The number of hydrogen-bond donors (Lipinski definition) is 1. The van der Waals surface area contributed by atoms with Crippen LogP contribution in [0, 0.1) is 0 Å². The third kappa shape index (κ3) is 5.04. The lowest BCUT2D eigenvalue weighted by molar-refractivity contribution is 0.0181. The van der Waals surface area contributed by atoms with Crippen molar-refractivity contribution >= 4 is 36.6 Å². The number of halogens is 4. The number of rotatable bonds is 4. The Morgan fingerprint density at radius 3 is 2.10 bits per heavy atom. The number of nitrogens with one attached hydrogen (secondary N) is 1. The zero-order valence-corrected chi connectivity index (χ0v) is 13.7. The normalized spacial score (nSPS) is 17.2. The zero-order chi connectivity index (χ0) is 13.0. The number of benzene rings is 1. The highest BCUT2D eigenvalue weighted by molar-refractivity contribution is 7.98. The Kier molecular flexibility index (Phi) is 9.76. The molecule has 1 heterocycles. The van der Waals surface area contributed by atoms with Gasteiger partial charge in [-0.05, 0) is 24.0 Å². The molecule has 20 heavy (non-hydrogen) atoms. The fourth-order valence-electron chi connectivity index (χ4n) is 2.28. The number of piperazine rings is 1. The van der Waals surface area contributed by atoms with E-state index >= 15 is 0 Å². The Bertz CT molecular complexity index is 373. The van der Waals surface area contributed by atoms with Gasteiger partial charge < -0.3 is 5.32 Å². The van der Waals surface area contributed by atoms with Crippen molar-refractivity contribution in [3.05, 3.63) is 29.8 Å². The van der Waals surface area contributed by atoms with Crippen molar-refractivity contribution < 1.29 is 8.78 Å².